The Morgan fingerprint density at radius 2 is 1.95 bits per heavy atom. The van der Waals surface area contributed by atoms with Crippen molar-refractivity contribution in [2.75, 3.05) is 0 Å². The van der Waals surface area contributed by atoms with Gasteiger partial charge in [0.2, 0.25) is 0 Å². The average Bonchev–Trinajstić information content (AvgIpc) is 3.00. The van der Waals surface area contributed by atoms with E-state index in [0.29, 0.717) is 5.69 Å². The number of aromatic nitrogens is 2. The fraction of sp³-hybridized carbons (Fsp3) is 0.667. The second kappa shape index (κ2) is 5.50. The third kappa shape index (κ3) is 2.80. The quantitative estimate of drug-likeness (QED) is 0.788. The lowest BCUT2D eigenvalue weighted by atomic mass is 9.79. The number of nitrogens with zero attached hydrogens (tertiary/aromatic N) is 1. The zero-order chi connectivity index (χ0) is 14.9. The van der Waals surface area contributed by atoms with E-state index in [1.807, 2.05) is 0 Å². The maximum atomic E-state index is 12.5. The summed E-state index contributed by atoms with van der Waals surface area (Å²) in [5.74, 6) is -1.08. The average molecular weight is 291 g/mol. The Labute approximate surface area is 123 Å². The van der Waals surface area contributed by atoms with Crippen LogP contribution in [0.25, 0.3) is 0 Å². The number of hydrogen-bond acceptors (Lipinski definition) is 3. The van der Waals surface area contributed by atoms with Crippen molar-refractivity contribution >= 4 is 11.9 Å². The van der Waals surface area contributed by atoms with Crippen LogP contribution in [0.4, 0.5) is 0 Å². The number of fused-ring (bicyclic) bond motifs is 1. The smallest absolute Gasteiger partial charge is 0.305 e. The van der Waals surface area contributed by atoms with Gasteiger partial charge in [0.15, 0.2) is 5.69 Å². The lowest BCUT2D eigenvalue weighted by Gasteiger charge is -2.36. The zero-order valence-corrected chi connectivity index (χ0v) is 12.1. The highest BCUT2D eigenvalue weighted by Crippen LogP contribution is 2.32. The Kier molecular flexibility index (Phi) is 3.69. The Morgan fingerprint density at radius 1 is 1.19 bits per heavy atom. The fourth-order valence-electron chi connectivity index (χ4n) is 3.67. The first-order chi connectivity index (χ1) is 10.1. The maximum absolute atomic E-state index is 12.5. The zero-order valence-electron chi connectivity index (χ0n) is 12.1. The molecule has 1 aromatic heterocycles. The highest BCUT2D eigenvalue weighted by atomic mass is 16.4. The number of hydrogen-bond donors (Lipinski definition) is 3. The first-order valence-corrected chi connectivity index (χ1v) is 7.70. The lowest BCUT2D eigenvalue weighted by Crippen LogP contribution is -2.51. The molecule has 1 heterocycles. The molecule has 0 saturated heterocycles. The van der Waals surface area contributed by atoms with Crippen LogP contribution < -0.4 is 5.32 Å². The van der Waals surface area contributed by atoms with Gasteiger partial charge in [0, 0.05) is 11.3 Å². The molecule has 2 aliphatic rings. The van der Waals surface area contributed by atoms with Crippen LogP contribution in [0.15, 0.2) is 0 Å². The highest BCUT2D eigenvalue weighted by Gasteiger charge is 2.37. The summed E-state index contributed by atoms with van der Waals surface area (Å²) < 4.78 is 0. The molecular weight excluding hydrogens is 270 g/mol. The fourth-order valence-corrected chi connectivity index (χ4v) is 3.67. The Morgan fingerprint density at radius 3 is 2.67 bits per heavy atom. The SMILES string of the molecule is O=C(O)CC1(NC(=O)c2n[nH]c3c2CCC3)CCCCC1. The van der Waals surface area contributed by atoms with Crippen LogP contribution in [0.3, 0.4) is 0 Å². The number of aryl methyl sites for hydroxylation is 1. The van der Waals surface area contributed by atoms with Gasteiger partial charge in [0.25, 0.3) is 5.91 Å². The summed E-state index contributed by atoms with van der Waals surface area (Å²) in [6.45, 7) is 0. The summed E-state index contributed by atoms with van der Waals surface area (Å²) in [4.78, 5) is 23.7. The van der Waals surface area contributed by atoms with Gasteiger partial charge in [-0.2, -0.15) is 5.10 Å². The van der Waals surface area contributed by atoms with Crippen LogP contribution in [0, 0.1) is 0 Å². The van der Waals surface area contributed by atoms with Crippen LogP contribution in [0.5, 0.6) is 0 Å². The van der Waals surface area contributed by atoms with Gasteiger partial charge in [0.1, 0.15) is 0 Å². The van der Waals surface area contributed by atoms with Crippen molar-refractivity contribution in [2.24, 2.45) is 0 Å². The van der Waals surface area contributed by atoms with Crippen molar-refractivity contribution in [2.45, 2.75) is 63.3 Å². The molecule has 0 aliphatic heterocycles. The molecule has 114 valence electrons. The third-order valence-electron chi connectivity index (χ3n) is 4.70. The molecule has 1 fully saturated rings. The molecule has 3 rings (SSSR count). The minimum absolute atomic E-state index is 0.00858. The summed E-state index contributed by atoms with van der Waals surface area (Å²) in [6, 6.07) is 0. The van der Waals surface area contributed by atoms with E-state index in [1.165, 1.54) is 0 Å². The van der Waals surface area contributed by atoms with E-state index in [4.69, 9.17) is 5.11 Å². The van der Waals surface area contributed by atoms with E-state index in [9.17, 15) is 9.59 Å². The molecule has 21 heavy (non-hydrogen) atoms. The number of rotatable bonds is 4. The molecule has 6 nitrogen and oxygen atoms in total. The molecule has 0 unspecified atom stereocenters. The van der Waals surface area contributed by atoms with Gasteiger partial charge in [0.05, 0.1) is 12.0 Å². The molecule has 6 heteroatoms. The van der Waals surface area contributed by atoms with E-state index in [2.05, 4.69) is 15.5 Å². The first kappa shape index (κ1) is 14.1. The van der Waals surface area contributed by atoms with Crippen molar-refractivity contribution in [1.29, 1.82) is 0 Å². The molecule has 0 atom stereocenters. The lowest BCUT2D eigenvalue weighted by molar-refractivity contribution is -0.139. The molecule has 2 aliphatic carbocycles. The Hall–Kier alpha value is -1.85. The van der Waals surface area contributed by atoms with Gasteiger partial charge in [-0.3, -0.25) is 14.7 Å². The van der Waals surface area contributed by atoms with Crippen molar-refractivity contribution in [1.82, 2.24) is 15.5 Å². The topological polar surface area (TPSA) is 95.1 Å². The van der Waals surface area contributed by atoms with Gasteiger partial charge in [-0.25, -0.2) is 0 Å². The number of carbonyl (C=O) groups is 2. The second-order valence-corrected chi connectivity index (χ2v) is 6.25. The van der Waals surface area contributed by atoms with Crippen molar-refractivity contribution in [3.8, 4) is 0 Å². The number of aromatic amines is 1. The summed E-state index contributed by atoms with van der Waals surface area (Å²) in [5, 5.41) is 19.2. The predicted molar refractivity (Wildman–Crippen MR) is 76.1 cm³/mol. The van der Waals surface area contributed by atoms with Gasteiger partial charge in [-0.1, -0.05) is 19.3 Å². The van der Waals surface area contributed by atoms with E-state index >= 15 is 0 Å². The van der Waals surface area contributed by atoms with Gasteiger partial charge >= 0.3 is 5.97 Å². The molecule has 1 saturated carbocycles. The van der Waals surface area contributed by atoms with E-state index in [-0.39, 0.29) is 12.3 Å². The molecule has 0 aromatic carbocycles. The van der Waals surface area contributed by atoms with Crippen molar-refractivity contribution in [3.63, 3.8) is 0 Å². The van der Waals surface area contributed by atoms with Crippen LogP contribution in [0.2, 0.25) is 0 Å². The predicted octanol–water partition coefficient (Wildman–Crippen LogP) is 1.81. The number of aliphatic carboxylic acids is 1. The second-order valence-electron chi connectivity index (χ2n) is 6.25. The maximum Gasteiger partial charge on any atom is 0.305 e. The summed E-state index contributed by atoms with van der Waals surface area (Å²) in [6.07, 6.45) is 7.36. The standard InChI is InChI=1S/C15H21N3O3/c19-12(20)9-15(7-2-1-3-8-15)16-14(21)13-10-5-4-6-11(10)17-18-13/h1-9H2,(H,16,21)(H,17,18)(H,19,20). The van der Waals surface area contributed by atoms with E-state index in [0.717, 1.165) is 62.6 Å². The minimum Gasteiger partial charge on any atom is -0.481 e. The van der Waals surface area contributed by atoms with Gasteiger partial charge in [-0.05, 0) is 32.1 Å². The van der Waals surface area contributed by atoms with Crippen LogP contribution >= 0.6 is 0 Å². The summed E-state index contributed by atoms with van der Waals surface area (Å²) in [7, 11) is 0. The molecule has 1 aromatic rings. The summed E-state index contributed by atoms with van der Waals surface area (Å²) in [5.41, 5.74) is 1.91. The van der Waals surface area contributed by atoms with Gasteiger partial charge < -0.3 is 10.4 Å². The number of nitrogens with one attached hydrogen (secondary N) is 2. The number of carboxylic acids is 1. The Balaban J connectivity index is 1.78. The normalized spacial score (nSPS) is 20.0. The van der Waals surface area contributed by atoms with Gasteiger partial charge in [-0.15, -0.1) is 0 Å². The molecular formula is C15H21N3O3. The number of carboxylic acid groups (broad SMARTS) is 1. The van der Waals surface area contributed by atoms with E-state index in [1.54, 1.807) is 0 Å². The van der Waals surface area contributed by atoms with Crippen LogP contribution in [-0.4, -0.2) is 32.7 Å². The minimum atomic E-state index is -0.857. The monoisotopic (exact) mass is 291 g/mol. The Bertz CT molecular complexity index is 559. The molecule has 0 radical (unpaired) electrons. The number of amides is 1. The highest BCUT2D eigenvalue weighted by molar-refractivity contribution is 5.95. The number of carbonyl (C=O) groups excluding carboxylic acids is 1. The molecule has 0 spiro atoms. The summed E-state index contributed by atoms with van der Waals surface area (Å²) >= 11 is 0. The molecule has 0 bridgehead atoms. The largest absolute Gasteiger partial charge is 0.481 e. The third-order valence-corrected chi connectivity index (χ3v) is 4.70. The first-order valence-electron chi connectivity index (χ1n) is 7.70. The van der Waals surface area contributed by atoms with E-state index < -0.39 is 11.5 Å². The van der Waals surface area contributed by atoms with Crippen molar-refractivity contribution < 1.29 is 14.7 Å². The molecule has 1 amide bonds. The van der Waals surface area contributed by atoms with Crippen LogP contribution in [-0.2, 0) is 17.6 Å². The van der Waals surface area contributed by atoms with Crippen LogP contribution in [0.1, 0.15) is 66.7 Å². The number of H-pyrrole nitrogens is 1. The molecule has 3 N–H and O–H groups in total. The van der Waals surface area contributed by atoms with Crippen molar-refractivity contribution in [3.05, 3.63) is 17.0 Å².